The number of amides is 1. The second-order valence-electron chi connectivity index (χ2n) is 6.98. The van der Waals surface area contributed by atoms with E-state index in [1.807, 2.05) is 11.9 Å². The van der Waals surface area contributed by atoms with E-state index in [9.17, 15) is 4.79 Å². The predicted molar refractivity (Wildman–Crippen MR) is 94.1 cm³/mol. The van der Waals surface area contributed by atoms with Gasteiger partial charge in [-0.05, 0) is 25.2 Å². The van der Waals surface area contributed by atoms with E-state index in [1.165, 1.54) is 12.8 Å². The molecule has 0 radical (unpaired) electrons. The van der Waals surface area contributed by atoms with Gasteiger partial charge in [0.15, 0.2) is 5.96 Å². The summed E-state index contributed by atoms with van der Waals surface area (Å²) < 4.78 is 11.1. The van der Waals surface area contributed by atoms with Crippen LogP contribution in [0.5, 0.6) is 0 Å². The summed E-state index contributed by atoms with van der Waals surface area (Å²) in [5.41, 5.74) is 0. The number of nitrogens with one attached hydrogen (secondary N) is 1. The molecule has 7 heteroatoms. The van der Waals surface area contributed by atoms with Crippen LogP contribution in [0.15, 0.2) is 4.99 Å². The van der Waals surface area contributed by atoms with E-state index >= 15 is 0 Å². The zero-order chi connectivity index (χ0) is 17.4. The highest BCUT2D eigenvalue weighted by atomic mass is 16.5. The average molecular weight is 340 g/mol. The van der Waals surface area contributed by atoms with Crippen LogP contribution in [0.25, 0.3) is 0 Å². The Morgan fingerprint density at radius 3 is 2.67 bits per heavy atom. The summed E-state index contributed by atoms with van der Waals surface area (Å²) in [6.07, 6.45) is 3.69. The van der Waals surface area contributed by atoms with Crippen LogP contribution in [-0.2, 0) is 14.3 Å². The summed E-state index contributed by atoms with van der Waals surface area (Å²) in [6.45, 7) is 4.92. The molecule has 1 unspecified atom stereocenters. The Kier molecular flexibility index (Phi) is 7.78. The number of nitrogens with zero attached hydrogens (tertiary/aromatic N) is 3. The molecule has 0 spiro atoms. The summed E-state index contributed by atoms with van der Waals surface area (Å²) in [6, 6.07) is 0. The summed E-state index contributed by atoms with van der Waals surface area (Å²) in [7, 11) is 5.48. The molecule has 0 aromatic heterocycles. The minimum Gasteiger partial charge on any atom is -0.381 e. The van der Waals surface area contributed by atoms with Gasteiger partial charge in [0.1, 0.15) is 6.54 Å². The number of aliphatic imine (C=N–C) groups is 1. The van der Waals surface area contributed by atoms with E-state index in [2.05, 4.69) is 10.3 Å². The number of hydrogen-bond donors (Lipinski definition) is 1. The van der Waals surface area contributed by atoms with E-state index < -0.39 is 0 Å². The molecule has 0 aromatic carbocycles. The van der Waals surface area contributed by atoms with Gasteiger partial charge in [0.2, 0.25) is 5.91 Å². The van der Waals surface area contributed by atoms with Gasteiger partial charge in [-0.15, -0.1) is 0 Å². The molecule has 0 aromatic rings. The smallest absolute Gasteiger partial charge is 0.243 e. The van der Waals surface area contributed by atoms with E-state index in [0.717, 1.165) is 51.2 Å². The number of carbonyl (C=O) groups is 1. The first kappa shape index (κ1) is 19.0. The molecule has 1 N–H and O–H groups in total. The second kappa shape index (κ2) is 9.84. The molecule has 1 saturated carbocycles. The fourth-order valence-electron chi connectivity index (χ4n) is 2.42. The van der Waals surface area contributed by atoms with E-state index in [1.54, 1.807) is 19.0 Å². The lowest BCUT2D eigenvalue weighted by molar-refractivity contribution is -0.127. The summed E-state index contributed by atoms with van der Waals surface area (Å²) >= 11 is 0. The lowest BCUT2D eigenvalue weighted by Gasteiger charge is -2.23. The van der Waals surface area contributed by atoms with Crippen molar-refractivity contribution in [3.63, 3.8) is 0 Å². The van der Waals surface area contributed by atoms with Gasteiger partial charge in [-0.25, -0.2) is 4.99 Å². The molecule has 0 bridgehead atoms. The SMILES string of the molecule is CN(C)C(=O)CN=C(NCC1CCOC1)N(C)CCOCC1CC1. The first-order valence-corrected chi connectivity index (χ1v) is 8.91. The Morgan fingerprint density at radius 2 is 2.04 bits per heavy atom. The van der Waals surface area contributed by atoms with Crippen LogP contribution >= 0.6 is 0 Å². The van der Waals surface area contributed by atoms with Gasteiger partial charge in [-0.2, -0.15) is 0 Å². The molecule has 2 fully saturated rings. The molecular weight excluding hydrogens is 308 g/mol. The van der Waals surface area contributed by atoms with Crippen molar-refractivity contribution in [3.8, 4) is 0 Å². The number of ether oxygens (including phenoxy) is 2. The highest BCUT2D eigenvalue weighted by Crippen LogP contribution is 2.28. The fraction of sp³-hybridized carbons (Fsp3) is 0.882. The highest BCUT2D eigenvalue weighted by Gasteiger charge is 2.21. The Labute approximate surface area is 145 Å². The van der Waals surface area contributed by atoms with Crippen molar-refractivity contribution < 1.29 is 14.3 Å². The average Bonchev–Trinajstić information content (AvgIpc) is 3.24. The van der Waals surface area contributed by atoms with Gasteiger partial charge in [0.05, 0.1) is 13.2 Å². The number of hydrogen-bond acceptors (Lipinski definition) is 4. The van der Waals surface area contributed by atoms with Crippen LogP contribution in [0.3, 0.4) is 0 Å². The third kappa shape index (κ3) is 7.05. The lowest BCUT2D eigenvalue weighted by Crippen LogP contribution is -2.43. The lowest BCUT2D eigenvalue weighted by atomic mass is 10.1. The predicted octanol–water partition coefficient (Wildman–Crippen LogP) is 0.415. The van der Waals surface area contributed by atoms with Crippen molar-refractivity contribution in [2.45, 2.75) is 19.3 Å². The first-order chi connectivity index (χ1) is 11.6. The van der Waals surface area contributed by atoms with Crippen molar-refractivity contribution in [1.29, 1.82) is 0 Å². The summed E-state index contributed by atoms with van der Waals surface area (Å²) in [4.78, 5) is 19.9. The third-order valence-electron chi connectivity index (χ3n) is 4.42. The molecule has 1 saturated heterocycles. The van der Waals surface area contributed by atoms with Crippen molar-refractivity contribution in [3.05, 3.63) is 0 Å². The molecule has 24 heavy (non-hydrogen) atoms. The molecule has 7 nitrogen and oxygen atoms in total. The number of likely N-dealkylation sites (N-methyl/N-ethyl adjacent to an activating group) is 2. The van der Waals surface area contributed by atoms with E-state index in [-0.39, 0.29) is 12.5 Å². The van der Waals surface area contributed by atoms with Crippen molar-refractivity contribution in [2.24, 2.45) is 16.8 Å². The summed E-state index contributed by atoms with van der Waals surface area (Å²) in [5.74, 6) is 2.05. The minimum atomic E-state index is -0.00289. The normalized spacial score (nSPS) is 21.0. The molecule has 1 aliphatic carbocycles. The molecule has 1 atom stereocenters. The van der Waals surface area contributed by atoms with E-state index in [0.29, 0.717) is 12.5 Å². The third-order valence-corrected chi connectivity index (χ3v) is 4.42. The molecular formula is C17H32N4O3. The second-order valence-corrected chi connectivity index (χ2v) is 6.98. The Balaban J connectivity index is 1.78. The Hall–Kier alpha value is -1.34. The van der Waals surface area contributed by atoms with Gasteiger partial charge in [-0.1, -0.05) is 0 Å². The van der Waals surface area contributed by atoms with Crippen LogP contribution in [0.2, 0.25) is 0 Å². The van der Waals surface area contributed by atoms with Crippen molar-refractivity contribution in [1.82, 2.24) is 15.1 Å². The van der Waals surface area contributed by atoms with Crippen LogP contribution < -0.4 is 5.32 Å². The molecule has 1 amide bonds. The molecule has 1 heterocycles. The van der Waals surface area contributed by atoms with Crippen LogP contribution in [0.1, 0.15) is 19.3 Å². The van der Waals surface area contributed by atoms with Crippen molar-refractivity contribution in [2.75, 3.05) is 67.2 Å². The summed E-state index contributed by atoms with van der Waals surface area (Å²) in [5, 5.41) is 3.39. The molecule has 2 rings (SSSR count). The van der Waals surface area contributed by atoms with Gasteiger partial charge in [-0.3, -0.25) is 4.79 Å². The van der Waals surface area contributed by atoms with Gasteiger partial charge in [0, 0.05) is 53.4 Å². The van der Waals surface area contributed by atoms with Crippen molar-refractivity contribution >= 4 is 11.9 Å². The fourth-order valence-corrected chi connectivity index (χ4v) is 2.42. The zero-order valence-electron chi connectivity index (χ0n) is 15.3. The molecule has 138 valence electrons. The number of guanidine groups is 1. The minimum absolute atomic E-state index is 0.00289. The number of carbonyl (C=O) groups excluding carboxylic acids is 1. The van der Waals surface area contributed by atoms with E-state index in [4.69, 9.17) is 9.47 Å². The monoisotopic (exact) mass is 340 g/mol. The Bertz CT molecular complexity index is 418. The maximum absolute atomic E-state index is 11.8. The quantitative estimate of drug-likeness (QED) is 0.374. The van der Waals surface area contributed by atoms with Crippen LogP contribution in [-0.4, -0.2) is 88.9 Å². The largest absolute Gasteiger partial charge is 0.381 e. The van der Waals surface area contributed by atoms with Gasteiger partial charge < -0.3 is 24.6 Å². The maximum Gasteiger partial charge on any atom is 0.243 e. The van der Waals surface area contributed by atoms with Crippen LogP contribution in [0, 0.1) is 11.8 Å². The highest BCUT2D eigenvalue weighted by molar-refractivity contribution is 5.84. The van der Waals surface area contributed by atoms with Crippen LogP contribution in [0.4, 0.5) is 0 Å². The number of rotatable bonds is 9. The Morgan fingerprint density at radius 1 is 1.25 bits per heavy atom. The molecule has 1 aliphatic heterocycles. The zero-order valence-corrected chi connectivity index (χ0v) is 15.3. The van der Waals surface area contributed by atoms with Gasteiger partial charge >= 0.3 is 0 Å². The first-order valence-electron chi connectivity index (χ1n) is 8.91. The maximum atomic E-state index is 11.8. The standard InChI is InChI=1S/C17H32N4O3/c1-20(2)16(22)11-19-17(18-10-15-6-8-23-13-15)21(3)7-9-24-12-14-4-5-14/h14-15H,4-13H2,1-3H3,(H,18,19). The topological polar surface area (TPSA) is 66.4 Å². The molecule has 2 aliphatic rings. The van der Waals surface area contributed by atoms with Gasteiger partial charge in [0.25, 0.3) is 0 Å².